The van der Waals surface area contributed by atoms with Gasteiger partial charge in [-0.15, -0.1) is 0 Å². The summed E-state index contributed by atoms with van der Waals surface area (Å²) in [6.45, 7) is 5.69. The van der Waals surface area contributed by atoms with Gasteiger partial charge in [-0.25, -0.2) is 8.78 Å². The average Bonchev–Trinajstić information content (AvgIpc) is 3.20. The molecule has 1 saturated carbocycles. The van der Waals surface area contributed by atoms with Crippen molar-refractivity contribution >= 4 is 11.7 Å². The van der Waals surface area contributed by atoms with Crippen molar-refractivity contribution in [1.82, 2.24) is 4.90 Å². The smallest absolute Gasteiger partial charge is 0.383 e. The van der Waals surface area contributed by atoms with Gasteiger partial charge in [0.2, 0.25) is 0 Å². The van der Waals surface area contributed by atoms with Gasteiger partial charge in [0.1, 0.15) is 5.78 Å². The van der Waals surface area contributed by atoms with Gasteiger partial charge in [0.25, 0.3) is 5.91 Å². The van der Waals surface area contributed by atoms with Crippen LogP contribution in [0.5, 0.6) is 0 Å². The van der Waals surface area contributed by atoms with Crippen molar-refractivity contribution in [2.45, 2.75) is 64.4 Å². The number of carbonyl (C=O) groups excluding carboxylic acids is 2. The zero-order valence-corrected chi connectivity index (χ0v) is 17.3. The molecule has 1 aromatic rings. The quantitative estimate of drug-likeness (QED) is 0.725. The molecule has 4 atom stereocenters. The molecule has 1 saturated heterocycles. The highest BCUT2D eigenvalue weighted by molar-refractivity contribution is 5.90. The number of carbonyl (C=O) groups is 2. The maximum atomic E-state index is 13.4. The fourth-order valence-corrected chi connectivity index (χ4v) is 5.15. The summed E-state index contributed by atoms with van der Waals surface area (Å²) < 4.78 is 51.6. The number of hydrogen-bond acceptors (Lipinski definition) is 3. The van der Waals surface area contributed by atoms with Crippen LogP contribution in [-0.4, -0.2) is 53.2 Å². The highest BCUT2D eigenvalue weighted by Crippen LogP contribution is 2.42. The van der Waals surface area contributed by atoms with E-state index in [-0.39, 0.29) is 37.1 Å². The summed E-state index contributed by atoms with van der Waals surface area (Å²) in [5.41, 5.74) is 3.79. The highest BCUT2D eigenvalue weighted by Gasteiger charge is 2.52. The fourth-order valence-electron chi connectivity index (χ4n) is 5.15. The Balaban J connectivity index is 1.68. The summed E-state index contributed by atoms with van der Waals surface area (Å²) in [5.74, 6) is -7.79. The number of nitrogens with zero attached hydrogens (tertiary/aromatic N) is 1. The van der Waals surface area contributed by atoms with Crippen LogP contribution in [0.4, 0.5) is 17.6 Å². The lowest BCUT2D eigenvalue weighted by Crippen LogP contribution is -2.46. The molecule has 0 spiro atoms. The lowest BCUT2D eigenvalue weighted by Gasteiger charge is -2.25. The lowest BCUT2D eigenvalue weighted by atomic mass is 9.84. The Hall–Kier alpha value is -1.96. The van der Waals surface area contributed by atoms with E-state index >= 15 is 0 Å². The van der Waals surface area contributed by atoms with E-state index in [0.717, 1.165) is 27.2 Å². The minimum absolute atomic E-state index is 0.0256. The lowest BCUT2D eigenvalue weighted by molar-refractivity contribution is -0.179. The van der Waals surface area contributed by atoms with Gasteiger partial charge in [-0.2, -0.15) is 8.78 Å². The van der Waals surface area contributed by atoms with Gasteiger partial charge in [0.15, 0.2) is 0 Å². The number of aryl methyl sites for hydroxylation is 3. The molecule has 2 fully saturated rings. The first kappa shape index (κ1) is 22.7. The van der Waals surface area contributed by atoms with Crippen molar-refractivity contribution in [3.05, 3.63) is 34.4 Å². The van der Waals surface area contributed by atoms with Crippen LogP contribution >= 0.6 is 0 Å². The third-order valence-electron chi connectivity index (χ3n) is 6.45. The monoisotopic (exact) mass is 429 g/mol. The van der Waals surface area contributed by atoms with Crippen molar-refractivity contribution in [2.75, 3.05) is 13.1 Å². The molecule has 1 amide bonds. The van der Waals surface area contributed by atoms with Crippen molar-refractivity contribution in [3.8, 4) is 0 Å². The molecular formula is C22H27F4NO3. The summed E-state index contributed by atoms with van der Waals surface area (Å²) >= 11 is 0. The first-order chi connectivity index (χ1) is 13.9. The molecule has 1 aliphatic carbocycles. The molecule has 4 unspecified atom stereocenters. The Kier molecular flexibility index (Phi) is 6.28. The molecule has 4 nitrogen and oxygen atoms in total. The Morgan fingerprint density at radius 2 is 1.83 bits per heavy atom. The predicted molar refractivity (Wildman–Crippen MR) is 103 cm³/mol. The van der Waals surface area contributed by atoms with Crippen LogP contribution in [0, 0.1) is 32.6 Å². The van der Waals surface area contributed by atoms with E-state index in [1.807, 2.05) is 32.9 Å². The van der Waals surface area contributed by atoms with Crippen molar-refractivity contribution in [1.29, 1.82) is 0 Å². The molecule has 30 heavy (non-hydrogen) atoms. The van der Waals surface area contributed by atoms with Crippen LogP contribution < -0.4 is 0 Å². The normalized spacial score (nSPS) is 27.4. The highest BCUT2D eigenvalue weighted by atomic mass is 19.3. The number of benzene rings is 1. The van der Waals surface area contributed by atoms with E-state index in [1.165, 1.54) is 0 Å². The summed E-state index contributed by atoms with van der Waals surface area (Å²) in [5, 5.41) is 10.9. The number of aliphatic hydroxyl groups is 1. The number of Topliss-reactive ketones (excluding diaryl/α,β-unsaturated/α-hetero) is 1. The third kappa shape index (κ3) is 4.11. The maximum Gasteiger partial charge on any atom is 0.383 e. The zero-order chi connectivity index (χ0) is 22.4. The second kappa shape index (κ2) is 8.29. The molecule has 2 aliphatic rings. The number of likely N-dealkylation sites (tertiary alicyclic amines) is 1. The molecular weight excluding hydrogens is 402 g/mol. The second-order valence-electron chi connectivity index (χ2n) is 8.78. The van der Waals surface area contributed by atoms with Crippen LogP contribution in [0.1, 0.15) is 47.4 Å². The Bertz CT molecular complexity index is 819. The largest absolute Gasteiger partial charge is 0.392 e. The van der Waals surface area contributed by atoms with Crippen molar-refractivity contribution < 1.29 is 32.3 Å². The number of hydrogen-bond donors (Lipinski definition) is 1. The summed E-state index contributed by atoms with van der Waals surface area (Å²) in [7, 11) is 0. The molecule has 3 rings (SSSR count). The molecule has 0 aromatic heterocycles. The van der Waals surface area contributed by atoms with Crippen LogP contribution in [0.15, 0.2) is 12.1 Å². The van der Waals surface area contributed by atoms with Gasteiger partial charge >= 0.3 is 12.3 Å². The fraction of sp³-hybridized carbons (Fsp3) is 0.636. The van der Waals surface area contributed by atoms with Gasteiger partial charge < -0.3 is 10.0 Å². The zero-order valence-electron chi connectivity index (χ0n) is 17.3. The van der Waals surface area contributed by atoms with Crippen LogP contribution in [-0.2, 0) is 9.59 Å². The number of aliphatic hydroxyl groups excluding tert-OH is 1. The van der Waals surface area contributed by atoms with E-state index in [2.05, 4.69) is 0 Å². The number of halogens is 4. The Morgan fingerprint density at radius 1 is 1.23 bits per heavy atom. The maximum absolute atomic E-state index is 13.4. The topological polar surface area (TPSA) is 57.6 Å². The van der Waals surface area contributed by atoms with Gasteiger partial charge in [-0.05, 0) is 62.1 Å². The molecule has 1 aromatic carbocycles. The van der Waals surface area contributed by atoms with E-state index in [1.54, 1.807) is 0 Å². The van der Waals surface area contributed by atoms with E-state index in [9.17, 15) is 32.3 Å². The number of alkyl halides is 4. The van der Waals surface area contributed by atoms with Crippen LogP contribution in [0.25, 0.3) is 0 Å². The molecule has 8 heteroatoms. The van der Waals surface area contributed by atoms with E-state index in [4.69, 9.17) is 0 Å². The van der Waals surface area contributed by atoms with Crippen molar-refractivity contribution in [2.24, 2.45) is 11.8 Å². The standard InChI is InChI=1S/C22H27F4NO3/c1-11-6-12(2)17(13(3)7-11)18-16(28)9-15(19(18)29)8-14-4-5-27(10-14)21(30)22(25,26)20(23)24/h6-7,14-15,18-20,29H,4-5,8-10H2,1-3H3. The molecule has 0 bridgehead atoms. The van der Waals surface area contributed by atoms with Gasteiger partial charge in [0.05, 0.1) is 12.0 Å². The molecule has 166 valence electrons. The van der Waals surface area contributed by atoms with E-state index in [0.29, 0.717) is 12.8 Å². The molecule has 1 N–H and O–H groups in total. The molecule has 1 aliphatic heterocycles. The first-order valence-electron chi connectivity index (χ1n) is 10.2. The third-order valence-corrected chi connectivity index (χ3v) is 6.45. The molecule has 1 heterocycles. The van der Waals surface area contributed by atoms with Gasteiger partial charge in [0, 0.05) is 19.5 Å². The van der Waals surface area contributed by atoms with Gasteiger partial charge in [-0.1, -0.05) is 17.7 Å². The SMILES string of the molecule is Cc1cc(C)c(C2C(=O)CC(CC3CCN(C(=O)C(F)(F)C(F)F)C3)C2O)c(C)c1. The van der Waals surface area contributed by atoms with Crippen LogP contribution in [0.3, 0.4) is 0 Å². The predicted octanol–water partition coefficient (Wildman–Crippen LogP) is 3.78. The van der Waals surface area contributed by atoms with Crippen LogP contribution in [0.2, 0.25) is 0 Å². The van der Waals surface area contributed by atoms with E-state index < -0.39 is 30.3 Å². The second-order valence-corrected chi connectivity index (χ2v) is 8.78. The Labute approximate surface area is 173 Å². The summed E-state index contributed by atoms with van der Waals surface area (Å²) in [6.07, 6.45) is -3.99. The van der Waals surface area contributed by atoms with Gasteiger partial charge in [-0.3, -0.25) is 9.59 Å². The number of rotatable bonds is 5. The minimum Gasteiger partial charge on any atom is -0.392 e. The summed E-state index contributed by atoms with van der Waals surface area (Å²) in [6, 6.07) is 3.94. The van der Waals surface area contributed by atoms with Crippen molar-refractivity contribution in [3.63, 3.8) is 0 Å². The molecule has 0 radical (unpaired) electrons. The Morgan fingerprint density at radius 3 is 2.40 bits per heavy atom. The number of amides is 1. The summed E-state index contributed by atoms with van der Waals surface area (Å²) in [4.78, 5) is 25.2. The first-order valence-corrected chi connectivity index (χ1v) is 10.2. The number of ketones is 1. The minimum atomic E-state index is -4.69. The average molecular weight is 429 g/mol.